The molecule has 0 N–H and O–H groups in total. The third-order valence-electron chi connectivity index (χ3n) is 1.07. The first kappa shape index (κ1) is 34.6. The van der Waals surface area contributed by atoms with Crippen LogP contribution in [0.3, 0.4) is 0 Å². The number of hydrogen-bond donors (Lipinski definition) is 0. The molecule has 0 fully saturated rings. The Morgan fingerprint density at radius 1 is 0.346 bits per heavy atom. The number of carboxylic acids is 6. The Hall–Kier alpha value is -2.71. The smallest absolute Gasteiger partial charge is 0.545 e. The fourth-order valence-electron chi connectivity index (χ4n) is 0.408. The maximum absolute atomic E-state index is 9.41. The SMILES string of the molecule is O=C([O-])/C=C/C(=O)[O-].O=C([O-])/C=C/C(=O)[O-].O=C([O-])/C=C/C(=O)[O-].[Rh+3].[Rh+3]. The normalized spacial score (nSPS) is 8.77. The van der Waals surface area contributed by atoms with E-state index in [9.17, 15) is 59.4 Å². The zero-order valence-corrected chi connectivity index (χ0v) is 15.3. The van der Waals surface area contributed by atoms with Crippen LogP contribution in [0.1, 0.15) is 0 Å². The van der Waals surface area contributed by atoms with Gasteiger partial charge in [-0.15, -0.1) is 0 Å². The van der Waals surface area contributed by atoms with Crippen LogP contribution in [0.15, 0.2) is 36.5 Å². The van der Waals surface area contributed by atoms with Crippen molar-refractivity contribution in [2.75, 3.05) is 0 Å². The summed E-state index contributed by atoms with van der Waals surface area (Å²) in [6.45, 7) is 0. The number of aliphatic carboxylic acids is 6. The molecule has 0 aliphatic rings. The van der Waals surface area contributed by atoms with E-state index in [1.165, 1.54) is 0 Å². The topological polar surface area (TPSA) is 241 Å². The van der Waals surface area contributed by atoms with Crippen LogP contribution < -0.4 is 30.6 Å². The molecule has 0 rings (SSSR count). The molecule has 0 amide bonds. The van der Waals surface area contributed by atoms with Crippen molar-refractivity contribution >= 4 is 35.8 Å². The van der Waals surface area contributed by atoms with Gasteiger partial charge in [-0.1, -0.05) is 0 Å². The molecule has 0 heterocycles. The van der Waals surface area contributed by atoms with Crippen LogP contribution in [0.2, 0.25) is 0 Å². The number of carboxylic acid groups (broad SMARTS) is 6. The van der Waals surface area contributed by atoms with Gasteiger partial charge in [0.05, 0.1) is 35.8 Å². The summed E-state index contributed by atoms with van der Waals surface area (Å²) in [6, 6.07) is 0. The molecular formula is C12H6O12Rh2. The van der Waals surface area contributed by atoms with Crippen molar-refractivity contribution in [3.63, 3.8) is 0 Å². The summed E-state index contributed by atoms with van der Waals surface area (Å²) in [7, 11) is 0. The van der Waals surface area contributed by atoms with Gasteiger partial charge in [0.1, 0.15) is 0 Å². The first-order valence-corrected chi connectivity index (χ1v) is 5.18. The maximum atomic E-state index is 9.41. The van der Waals surface area contributed by atoms with Gasteiger partial charge in [0.25, 0.3) is 0 Å². The minimum atomic E-state index is -1.55. The van der Waals surface area contributed by atoms with E-state index in [1.54, 1.807) is 0 Å². The molecule has 0 radical (unpaired) electrons. The average molecular weight is 548 g/mol. The van der Waals surface area contributed by atoms with Crippen LogP contribution >= 0.6 is 0 Å². The molecule has 144 valence electrons. The third-order valence-corrected chi connectivity index (χ3v) is 1.07. The summed E-state index contributed by atoms with van der Waals surface area (Å²) in [5.74, 6) is -9.28. The average Bonchev–Trinajstić information content (AvgIpc) is 2.42. The first-order chi connectivity index (χ1) is 10.9. The van der Waals surface area contributed by atoms with Crippen molar-refractivity contribution in [2.45, 2.75) is 0 Å². The first-order valence-electron chi connectivity index (χ1n) is 5.18. The van der Waals surface area contributed by atoms with Crippen LogP contribution in [0.4, 0.5) is 0 Å². The molecule has 26 heavy (non-hydrogen) atoms. The summed E-state index contributed by atoms with van der Waals surface area (Å²) in [5.41, 5.74) is 0. The van der Waals surface area contributed by atoms with Gasteiger partial charge in [-0.05, 0) is 36.5 Å². The van der Waals surface area contributed by atoms with Crippen LogP contribution in [0.25, 0.3) is 0 Å². The van der Waals surface area contributed by atoms with Crippen molar-refractivity contribution in [3.8, 4) is 0 Å². The van der Waals surface area contributed by atoms with E-state index in [0.29, 0.717) is 36.5 Å². The van der Waals surface area contributed by atoms with Crippen LogP contribution in [0, 0.1) is 0 Å². The largest absolute Gasteiger partial charge is 3.00 e. The van der Waals surface area contributed by atoms with Crippen molar-refractivity contribution in [1.29, 1.82) is 0 Å². The summed E-state index contributed by atoms with van der Waals surface area (Å²) < 4.78 is 0. The second-order valence-electron chi connectivity index (χ2n) is 2.91. The maximum Gasteiger partial charge on any atom is 3.00 e. The number of carbonyl (C=O) groups excluding carboxylic acids is 6. The summed E-state index contributed by atoms with van der Waals surface area (Å²) in [6.07, 6.45) is 2.31. The van der Waals surface area contributed by atoms with Gasteiger partial charge in [-0.25, -0.2) is 0 Å². The van der Waals surface area contributed by atoms with E-state index >= 15 is 0 Å². The van der Waals surface area contributed by atoms with E-state index in [-0.39, 0.29) is 39.0 Å². The van der Waals surface area contributed by atoms with Crippen molar-refractivity contribution < 1.29 is 98.4 Å². The summed E-state index contributed by atoms with van der Waals surface area (Å²) in [4.78, 5) is 56.5. The number of hydrogen-bond acceptors (Lipinski definition) is 12. The zero-order chi connectivity index (χ0) is 19.7. The van der Waals surface area contributed by atoms with Crippen molar-refractivity contribution in [3.05, 3.63) is 36.5 Å². The van der Waals surface area contributed by atoms with Gasteiger partial charge >= 0.3 is 39.0 Å². The molecule has 0 saturated carbocycles. The fourth-order valence-corrected chi connectivity index (χ4v) is 0.408. The Bertz CT molecular complexity index is 448. The Kier molecular flexibility index (Phi) is 29.6. The van der Waals surface area contributed by atoms with E-state index in [4.69, 9.17) is 0 Å². The van der Waals surface area contributed by atoms with E-state index < -0.39 is 35.8 Å². The summed E-state index contributed by atoms with van der Waals surface area (Å²) >= 11 is 0. The fraction of sp³-hybridized carbons (Fsp3) is 0. The van der Waals surface area contributed by atoms with Gasteiger partial charge < -0.3 is 59.4 Å². The monoisotopic (exact) mass is 548 g/mol. The molecule has 0 unspecified atom stereocenters. The molecule has 0 aromatic heterocycles. The quantitative estimate of drug-likeness (QED) is 0.222. The van der Waals surface area contributed by atoms with E-state index in [2.05, 4.69) is 0 Å². The van der Waals surface area contributed by atoms with Crippen molar-refractivity contribution in [2.24, 2.45) is 0 Å². The second kappa shape index (κ2) is 22.3. The molecular weight excluding hydrogens is 542 g/mol. The van der Waals surface area contributed by atoms with Crippen LogP contribution in [-0.2, 0) is 67.7 Å². The van der Waals surface area contributed by atoms with Crippen LogP contribution in [0.5, 0.6) is 0 Å². The molecule has 0 aliphatic heterocycles. The zero-order valence-electron chi connectivity index (χ0n) is 12.0. The Morgan fingerprint density at radius 3 is 0.462 bits per heavy atom. The number of carbonyl (C=O) groups is 6. The van der Waals surface area contributed by atoms with Gasteiger partial charge in [-0.3, -0.25) is 0 Å². The Labute approximate surface area is 170 Å². The Balaban J connectivity index is -0.0000000817. The molecule has 12 nitrogen and oxygen atoms in total. The van der Waals surface area contributed by atoms with Gasteiger partial charge in [-0.2, -0.15) is 0 Å². The number of rotatable bonds is 6. The predicted molar refractivity (Wildman–Crippen MR) is 57.5 cm³/mol. The molecule has 0 aromatic carbocycles. The molecule has 14 heteroatoms. The van der Waals surface area contributed by atoms with E-state index in [0.717, 1.165) is 0 Å². The molecule has 0 atom stereocenters. The Morgan fingerprint density at radius 2 is 0.423 bits per heavy atom. The van der Waals surface area contributed by atoms with Crippen molar-refractivity contribution in [1.82, 2.24) is 0 Å². The molecule has 0 aliphatic carbocycles. The minimum Gasteiger partial charge on any atom is -0.545 e. The van der Waals surface area contributed by atoms with Gasteiger partial charge in [0.2, 0.25) is 0 Å². The standard InChI is InChI=1S/3C4H4O4.2Rh/c3*5-3(6)1-2-4(7)8;;/h3*1-2H,(H,5,6)(H,7,8);;/q;;;2*+3/p-6/b3*2-1+;;. The molecule has 0 aromatic rings. The van der Waals surface area contributed by atoms with Crippen LogP contribution in [-0.4, -0.2) is 35.8 Å². The third kappa shape index (κ3) is 58.0. The van der Waals surface area contributed by atoms with E-state index in [1.807, 2.05) is 0 Å². The molecule has 0 spiro atoms. The molecule has 0 saturated heterocycles. The van der Waals surface area contributed by atoms with Gasteiger partial charge in [0.15, 0.2) is 0 Å². The van der Waals surface area contributed by atoms with Gasteiger partial charge in [0, 0.05) is 0 Å². The minimum absolute atomic E-state index is 0. The molecule has 0 bridgehead atoms. The second-order valence-corrected chi connectivity index (χ2v) is 2.91. The predicted octanol–water partition coefficient (Wildman–Crippen LogP) is -8.88. The summed E-state index contributed by atoms with van der Waals surface area (Å²) in [5, 5.41) is 56.5.